The van der Waals surface area contributed by atoms with Gasteiger partial charge in [0.1, 0.15) is 5.82 Å². The Morgan fingerprint density at radius 3 is 2.20 bits per heavy atom. The van der Waals surface area contributed by atoms with Crippen LogP contribution in [0.25, 0.3) is 0 Å². The molecule has 0 atom stereocenters. The number of piperidine rings is 1. The van der Waals surface area contributed by atoms with Gasteiger partial charge in [-0.25, -0.2) is 4.98 Å². The molecule has 1 N–H and O–H groups in total. The van der Waals surface area contributed by atoms with E-state index in [-0.39, 0.29) is 36.1 Å². The average Bonchev–Trinajstić information content (AvgIpc) is 3.42. The fourth-order valence-electron chi connectivity index (χ4n) is 6.38. The quantitative estimate of drug-likeness (QED) is 0.207. The molecule has 2 aliphatic rings. The maximum Gasteiger partial charge on any atom is 0.437 e. The number of halogens is 6. The minimum atomic E-state index is -4.93. The Morgan fingerprint density at radius 2 is 1.52 bits per heavy atom. The van der Waals surface area contributed by atoms with Crippen molar-refractivity contribution in [2.45, 2.75) is 44.0 Å². The van der Waals surface area contributed by atoms with Crippen LogP contribution in [0.15, 0.2) is 77.3 Å². The number of carbonyl (C=O) groups excluding carboxylic acids is 2. The summed E-state index contributed by atoms with van der Waals surface area (Å²) in [6.07, 6.45) is -6.66. The topological polar surface area (TPSA) is 94.8 Å². The van der Waals surface area contributed by atoms with Gasteiger partial charge in [0.15, 0.2) is 5.69 Å². The molecule has 4 aromatic rings. The zero-order valence-electron chi connectivity index (χ0n) is 26.8. The van der Waals surface area contributed by atoms with Crippen molar-refractivity contribution >= 4 is 29.3 Å². The minimum Gasteiger partial charge on any atom is -0.417 e. The Labute approximate surface area is 283 Å². The third kappa shape index (κ3) is 8.03. The van der Waals surface area contributed by atoms with E-state index in [0.717, 1.165) is 11.6 Å². The Morgan fingerprint density at radius 1 is 0.800 bits per heavy atom. The first-order valence-corrected chi connectivity index (χ1v) is 16.2. The Kier molecular flexibility index (Phi) is 10.0. The maximum absolute atomic E-state index is 13.9. The molecule has 0 unspecified atom stereocenters. The van der Waals surface area contributed by atoms with Gasteiger partial charge in [-0.3, -0.25) is 9.59 Å². The van der Waals surface area contributed by atoms with Gasteiger partial charge >= 0.3 is 12.4 Å². The first-order chi connectivity index (χ1) is 23.9. The van der Waals surface area contributed by atoms with E-state index in [1.165, 1.54) is 35.4 Å². The number of rotatable bonds is 7. The van der Waals surface area contributed by atoms with Crippen molar-refractivity contribution in [2.24, 2.45) is 0 Å². The van der Waals surface area contributed by atoms with Crippen LogP contribution < -0.4 is 15.1 Å². The van der Waals surface area contributed by atoms with E-state index >= 15 is 0 Å². The van der Waals surface area contributed by atoms with Gasteiger partial charge in [-0.1, -0.05) is 48.5 Å². The molecule has 264 valence electrons. The molecule has 2 fully saturated rings. The largest absolute Gasteiger partial charge is 0.437 e. The van der Waals surface area contributed by atoms with Crippen LogP contribution in [-0.4, -0.2) is 66.0 Å². The first kappa shape index (κ1) is 34.8. The van der Waals surface area contributed by atoms with Crippen LogP contribution in [0.5, 0.6) is 0 Å². The highest BCUT2D eigenvalue weighted by molar-refractivity contribution is 6.03. The van der Waals surface area contributed by atoms with Crippen molar-refractivity contribution in [1.82, 2.24) is 14.9 Å². The molecule has 2 aliphatic heterocycles. The van der Waals surface area contributed by atoms with Gasteiger partial charge in [0, 0.05) is 39.3 Å². The molecule has 0 aliphatic carbocycles. The standard InChI is InChI=1S/C35H34F6N6O3/c36-34(37,38)27-10-5-4-9-25(27)21-29(48)46-16-6-15-45(19-20-46)28-12-11-26(22-42-28)43-32(49)30-31(35(39,40)41)44-33(50-30)47-17-13-24(14-18-47)23-7-2-1-3-8-23/h1-5,7-12,22,24H,6,13-21H2,(H,43,49). The second-order valence-electron chi connectivity index (χ2n) is 12.3. The highest BCUT2D eigenvalue weighted by Gasteiger charge is 2.42. The molecule has 0 radical (unpaired) electrons. The van der Waals surface area contributed by atoms with E-state index in [2.05, 4.69) is 15.3 Å². The van der Waals surface area contributed by atoms with E-state index in [1.54, 1.807) is 11.0 Å². The summed E-state index contributed by atoms with van der Waals surface area (Å²) in [6, 6.07) is 17.7. The number of carbonyl (C=O) groups is 2. The summed E-state index contributed by atoms with van der Waals surface area (Å²) in [4.78, 5) is 39.1. The molecular formula is C35H34F6N6O3. The predicted molar refractivity (Wildman–Crippen MR) is 173 cm³/mol. The van der Waals surface area contributed by atoms with E-state index < -0.39 is 41.2 Å². The number of anilines is 3. The van der Waals surface area contributed by atoms with Crippen molar-refractivity contribution in [1.29, 1.82) is 0 Å². The number of nitrogens with one attached hydrogen (secondary N) is 1. The van der Waals surface area contributed by atoms with Crippen LogP contribution in [0, 0.1) is 0 Å². The molecule has 4 heterocycles. The van der Waals surface area contributed by atoms with E-state index in [0.29, 0.717) is 57.8 Å². The summed E-state index contributed by atoms with van der Waals surface area (Å²) >= 11 is 0. The average molecular weight is 701 g/mol. The summed E-state index contributed by atoms with van der Waals surface area (Å²) in [6.45, 7) is 2.29. The molecule has 0 spiro atoms. The lowest BCUT2D eigenvalue weighted by Crippen LogP contribution is -2.36. The second kappa shape index (κ2) is 14.4. The molecule has 50 heavy (non-hydrogen) atoms. The third-order valence-corrected chi connectivity index (χ3v) is 8.97. The van der Waals surface area contributed by atoms with Gasteiger partial charge in [0.05, 0.1) is 23.9 Å². The van der Waals surface area contributed by atoms with Gasteiger partial charge in [-0.05, 0) is 54.5 Å². The smallest absolute Gasteiger partial charge is 0.417 e. The SMILES string of the molecule is O=C(Nc1ccc(N2CCCN(C(=O)Cc3ccccc3C(F)(F)F)CC2)nc1)c1oc(N2CCC(c3ccccc3)CC2)nc1C(F)(F)F. The predicted octanol–water partition coefficient (Wildman–Crippen LogP) is 7.02. The summed E-state index contributed by atoms with van der Waals surface area (Å²) in [7, 11) is 0. The van der Waals surface area contributed by atoms with Crippen molar-refractivity contribution in [3.63, 3.8) is 0 Å². The minimum absolute atomic E-state index is 0.0854. The monoisotopic (exact) mass is 700 g/mol. The molecule has 6 rings (SSSR count). The molecular weight excluding hydrogens is 666 g/mol. The number of oxazole rings is 1. The first-order valence-electron chi connectivity index (χ1n) is 16.2. The number of nitrogens with zero attached hydrogens (tertiary/aromatic N) is 5. The molecule has 0 bridgehead atoms. The van der Waals surface area contributed by atoms with Crippen LogP contribution in [0.3, 0.4) is 0 Å². The number of hydrogen-bond acceptors (Lipinski definition) is 7. The summed E-state index contributed by atoms with van der Waals surface area (Å²) in [5.74, 6) is -1.73. The Balaban J connectivity index is 1.07. The van der Waals surface area contributed by atoms with E-state index in [9.17, 15) is 35.9 Å². The summed E-state index contributed by atoms with van der Waals surface area (Å²) in [5.41, 5.74) is -1.04. The van der Waals surface area contributed by atoms with Crippen molar-refractivity contribution in [3.05, 3.63) is 101 Å². The molecule has 2 aromatic carbocycles. The lowest BCUT2D eigenvalue weighted by molar-refractivity contribution is -0.141. The number of aromatic nitrogens is 2. The molecule has 9 nitrogen and oxygen atoms in total. The Bertz CT molecular complexity index is 1790. The fourth-order valence-corrected chi connectivity index (χ4v) is 6.38. The molecule has 2 saturated heterocycles. The molecule has 15 heteroatoms. The zero-order chi connectivity index (χ0) is 35.5. The van der Waals surface area contributed by atoms with Gasteiger partial charge in [-0.15, -0.1) is 0 Å². The van der Waals surface area contributed by atoms with Crippen LogP contribution in [0.4, 0.5) is 43.9 Å². The maximum atomic E-state index is 13.9. The van der Waals surface area contributed by atoms with Gasteiger partial charge in [0.25, 0.3) is 11.9 Å². The second-order valence-corrected chi connectivity index (χ2v) is 12.3. The van der Waals surface area contributed by atoms with Crippen molar-refractivity contribution < 1.29 is 40.3 Å². The number of alkyl halides is 6. The van der Waals surface area contributed by atoms with Gasteiger partial charge in [-0.2, -0.15) is 31.3 Å². The summed E-state index contributed by atoms with van der Waals surface area (Å²) in [5, 5.41) is 2.41. The van der Waals surface area contributed by atoms with Crippen molar-refractivity contribution in [2.75, 3.05) is 54.4 Å². The highest BCUT2D eigenvalue weighted by atomic mass is 19.4. The molecule has 2 aromatic heterocycles. The van der Waals surface area contributed by atoms with Crippen LogP contribution in [0.1, 0.15) is 58.1 Å². The Hall–Kier alpha value is -5.08. The third-order valence-electron chi connectivity index (χ3n) is 8.97. The highest BCUT2D eigenvalue weighted by Crippen LogP contribution is 2.37. The fraction of sp³-hybridized carbons (Fsp3) is 0.371. The lowest BCUT2D eigenvalue weighted by Gasteiger charge is -2.31. The van der Waals surface area contributed by atoms with Crippen LogP contribution in [-0.2, 0) is 23.6 Å². The zero-order valence-corrected chi connectivity index (χ0v) is 26.8. The van der Waals surface area contributed by atoms with E-state index in [1.807, 2.05) is 35.2 Å². The van der Waals surface area contributed by atoms with E-state index in [4.69, 9.17) is 4.42 Å². The van der Waals surface area contributed by atoms with Crippen LogP contribution >= 0.6 is 0 Å². The lowest BCUT2D eigenvalue weighted by atomic mass is 9.90. The van der Waals surface area contributed by atoms with Crippen molar-refractivity contribution in [3.8, 4) is 0 Å². The summed E-state index contributed by atoms with van der Waals surface area (Å²) < 4.78 is 87.5. The van der Waals surface area contributed by atoms with Crippen LogP contribution in [0.2, 0.25) is 0 Å². The number of amides is 2. The van der Waals surface area contributed by atoms with Gasteiger partial charge < -0.3 is 24.4 Å². The number of pyridine rings is 1. The normalized spacial score (nSPS) is 16.3. The molecule has 0 saturated carbocycles. The molecule has 2 amide bonds. The van der Waals surface area contributed by atoms with Gasteiger partial charge in [0.2, 0.25) is 11.7 Å². The number of benzene rings is 2. The number of hydrogen-bond donors (Lipinski definition) is 1.